The Labute approximate surface area is 135 Å². The number of carbonyl (C=O) groups excluding carboxylic acids is 2. The lowest BCUT2D eigenvalue weighted by atomic mass is 10.2. The minimum atomic E-state index is -0.241. The van der Waals surface area contributed by atoms with Crippen molar-refractivity contribution in [1.82, 2.24) is 0 Å². The topological polar surface area (TPSA) is 73.2 Å². The van der Waals surface area contributed by atoms with Gasteiger partial charge in [0, 0.05) is 25.6 Å². The Kier molecular flexibility index (Phi) is 5.48. The zero-order valence-electron chi connectivity index (χ0n) is 12.8. The maximum atomic E-state index is 12.1. The number of para-hydroxylation sites is 2. The van der Waals surface area contributed by atoms with Gasteiger partial charge in [-0.25, -0.2) is 0 Å². The number of nitrogens with one attached hydrogen (secondary N) is 1. The molecule has 2 aromatic rings. The van der Waals surface area contributed by atoms with Crippen LogP contribution in [0.5, 0.6) is 0 Å². The molecule has 0 radical (unpaired) electrons. The molecule has 23 heavy (non-hydrogen) atoms. The van der Waals surface area contributed by atoms with E-state index in [1.165, 1.54) is 6.92 Å². The van der Waals surface area contributed by atoms with Crippen molar-refractivity contribution in [1.29, 1.82) is 5.26 Å². The summed E-state index contributed by atoms with van der Waals surface area (Å²) in [5.41, 5.74) is 1.65. The maximum absolute atomic E-state index is 12.1. The van der Waals surface area contributed by atoms with Gasteiger partial charge >= 0.3 is 0 Å². The van der Waals surface area contributed by atoms with E-state index in [1.807, 2.05) is 36.4 Å². The molecule has 0 atom stereocenters. The predicted octanol–water partition coefficient (Wildman–Crippen LogP) is 2.94. The van der Waals surface area contributed by atoms with Crippen LogP contribution >= 0.6 is 0 Å². The van der Waals surface area contributed by atoms with Gasteiger partial charge in [-0.15, -0.1) is 0 Å². The maximum Gasteiger partial charge on any atom is 0.226 e. The molecule has 5 nitrogen and oxygen atoms in total. The van der Waals surface area contributed by atoms with Crippen molar-refractivity contribution < 1.29 is 9.59 Å². The minimum absolute atomic E-state index is 0.124. The lowest BCUT2D eigenvalue weighted by molar-refractivity contribution is -0.117. The van der Waals surface area contributed by atoms with E-state index in [0.717, 1.165) is 5.69 Å². The van der Waals surface area contributed by atoms with E-state index in [1.54, 1.807) is 29.2 Å². The number of nitrogens with zero attached hydrogens (tertiary/aromatic N) is 2. The molecule has 2 aromatic carbocycles. The summed E-state index contributed by atoms with van der Waals surface area (Å²) in [7, 11) is 0. The van der Waals surface area contributed by atoms with E-state index < -0.39 is 0 Å². The summed E-state index contributed by atoms with van der Waals surface area (Å²) < 4.78 is 0. The van der Waals surface area contributed by atoms with Crippen molar-refractivity contribution in [3.05, 3.63) is 60.2 Å². The number of hydrogen-bond acceptors (Lipinski definition) is 3. The largest absolute Gasteiger partial charge is 0.325 e. The average molecular weight is 307 g/mol. The lowest BCUT2D eigenvalue weighted by Gasteiger charge is -2.20. The van der Waals surface area contributed by atoms with Gasteiger partial charge in [0.25, 0.3) is 0 Å². The standard InChI is InChI=1S/C18H17N3O2/c1-14(22)21(16-8-3-2-4-9-16)12-11-18(23)20-17-10-6-5-7-15(17)13-19/h2-10H,11-12H2,1H3,(H,20,23). The quantitative estimate of drug-likeness (QED) is 0.923. The second kappa shape index (κ2) is 7.76. The van der Waals surface area contributed by atoms with Crippen LogP contribution in [0.15, 0.2) is 54.6 Å². The van der Waals surface area contributed by atoms with Crippen LogP contribution in [0.1, 0.15) is 18.9 Å². The Morgan fingerprint density at radius 3 is 2.39 bits per heavy atom. The second-order valence-corrected chi connectivity index (χ2v) is 4.96. The third kappa shape index (κ3) is 4.42. The normalized spacial score (nSPS) is 9.74. The first-order valence-electron chi connectivity index (χ1n) is 7.24. The first kappa shape index (κ1) is 16.2. The van der Waals surface area contributed by atoms with E-state index >= 15 is 0 Å². The summed E-state index contributed by atoms with van der Waals surface area (Å²) in [6.07, 6.45) is 0.147. The van der Waals surface area contributed by atoms with E-state index in [2.05, 4.69) is 5.32 Å². The van der Waals surface area contributed by atoms with Crippen LogP contribution < -0.4 is 10.2 Å². The summed E-state index contributed by atoms with van der Waals surface area (Å²) in [5, 5.41) is 11.7. The van der Waals surface area contributed by atoms with Crippen molar-refractivity contribution in [2.24, 2.45) is 0 Å². The Morgan fingerprint density at radius 2 is 1.74 bits per heavy atom. The Bertz CT molecular complexity index is 735. The number of anilines is 2. The van der Waals surface area contributed by atoms with Crippen LogP contribution in [0.2, 0.25) is 0 Å². The number of amides is 2. The predicted molar refractivity (Wildman–Crippen MR) is 88.9 cm³/mol. The monoisotopic (exact) mass is 307 g/mol. The zero-order valence-corrected chi connectivity index (χ0v) is 12.8. The summed E-state index contributed by atoms with van der Waals surface area (Å²) >= 11 is 0. The summed E-state index contributed by atoms with van der Waals surface area (Å²) in [6.45, 7) is 1.75. The fraction of sp³-hybridized carbons (Fsp3) is 0.167. The van der Waals surface area contributed by atoms with Crippen LogP contribution in [-0.4, -0.2) is 18.4 Å². The zero-order chi connectivity index (χ0) is 16.7. The number of benzene rings is 2. The van der Waals surface area contributed by atoms with Crippen molar-refractivity contribution in [2.45, 2.75) is 13.3 Å². The Morgan fingerprint density at radius 1 is 1.09 bits per heavy atom. The summed E-state index contributed by atoms with van der Waals surface area (Å²) in [5.74, 6) is -0.365. The first-order chi connectivity index (χ1) is 11.1. The molecule has 0 aliphatic rings. The SMILES string of the molecule is CC(=O)N(CCC(=O)Nc1ccccc1C#N)c1ccccc1. The van der Waals surface area contributed by atoms with Crippen LogP contribution in [0.3, 0.4) is 0 Å². The average Bonchev–Trinajstić information content (AvgIpc) is 2.56. The van der Waals surface area contributed by atoms with Gasteiger partial charge < -0.3 is 10.2 Å². The Hall–Kier alpha value is -3.13. The fourth-order valence-corrected chi connectivity index (χ4v) is 2.19. The molecule has 0 heterocycles. The lowest BCUT2D eigenvalue weighted by Crippen LogP contribution is -2.31. The molecular formula is C18H17N3O2. The molecule has 0 aliphatic heterocycles. The molecular weight excluding hydrogens is 290 g/mol. The van der Waals surface area contributed by atoms with Gasteiger partial charge in [0.2, 0.25) is 11.8 Å². The molecule has 0 fully saturated rings. The number of nitriles is 1. The molecule has 0 saturated heterocycles. The highest BCUT2D eigenvalue weighted by atomic mass is 16.2. The molecule has 1 N–H and O–H groups in total. The number of hydrogen-bond donors (Lipinski definition) is 1. The number of rotatable bonds is 5. The summed E-state index contributed by atoms with van der Waals surface area (Å²) in [4.78, 5) is 25.4. The van der Waals surface area contributed by atoms with Crippen molar-refractivity contribution in [3.8, 4) is 6.07 Å². The molecule has 0 aliphatic carbocycles. The molecule has 2 amide bonds. The second-order valence-electron chi connectivity index (χ2n) is 4.96. The van der Waals surface area contributed by atoms with E-state index in [9.17, 15) is 9.59 Å². The van der Waals surface area contributed by atoms with Crippen LogP contribution in [-0.2, 0) is 9.59 Å². The molecule has 0 bridgehead atoms. The van der Waals surface area contributed by atoms with Crippen molar-refractivity contribution in [2.75, 3.05) is 16.8 Å². The minimum Gasteiger partial charge on any atom is -0.325 e. The molecule has 0 unspecified atom stereocenters. The number of carbonyl (C=O) groups is 2. The molecule has 5 heteroatoms. The van der Waals surface area contributed by atoms with Gasteiger partial charge in [0.1, 0.15) is 6.07 Å². The third-order valence-corrected chi connectivity index (χ3v) is 3.33. The first-order valence-corrected chi connectivity index (χ1v) is 7.24. The van der Waals surface area contributed by atoms with E-state index in [4.69, 9.17) is 5.26 Å². The highest BCUT2D eigenvalue weighted by Gasteiger charge is 2.13. The molecule has 0 saturated carbocycles. The van der Waals surface area contributed by atoms with E-state index in [0.29, 0.717) is 11.3 Å². The highest BCUT2D eigenvalue weighted by molar-refractivity contribution is 5.95. The molecule has 0 aromatic heterocycles. The molecule has 116 valence electrons. The van der Waals surface area contributed by atoms with Crippen molar-refractivity contribution >= 4 is 23.2 Å². The Balaban J connectivity index is 2.00. The molecule has 0 spiro atoms. The van der Waals surface area contributed by atoms with Gasteiger partial charge in [-0.1, -0.05) is 30.3 Å². The van der Waals surface area contributed by atoms with Gasteiger partial charge in [0.15, 0.2) is 0 Å². The smallest absolute Gasteiger partial charge is 0.226 e. The van der Waals surface area contributed by atoms with Crippen LogP contribution in [0.25, 0.3) is 0 Å². The summed E-state index contributed by atoms with van der Waals surface area (Å²) in [6, 6.07) is 18.0. The van der Waals surface area contributed by atoms with Crippen LogP contribution in [0, 0.1) is 11.3 Å². The van der Waals surface area contributed by atoms with Gasteiger partial charge in [-0.05, 0) is 24.3 Å². The highest BCUT2D eigenvalue weighted by Crippen LogP contribution is 2.16. The molecule has 2 rings (SSSR count). The van der Waals surface area contributed by atoms with E-state index in [-0.39, 0.29) is 24.8 Å². The van der Waals surface area contributed by atoms with Gasteiger partial charge in [-0.3, -0.25) is 9.59 Å². The van der Waals surface area contributed by atoms with Gasteiger partial charge in [0.05, 0.1) is 11.3 Å². The van der Waals surface area contributed by atoms with Crippen molar-refractivity contribution in [3.63, 3.8) is 0 Å². The van der Waals surface area contributed by atoms with Crippen LogP contribution in [0.4, 0.5) is 11.4 Å². The fourth-order valence-electron chi connectivity index (χ4n) is 2.19. The van der Waals surface area contributed by atoms with Gasteiger partial charge in [-0.2, -0.15) is 5.26 Å². The third-order valence-electron chi connectivity index (χ3n) is 3.33.